The topological polar surface area (TPSA) is 175 Å². The lowest BCUT2D eigenvalue weighted by Crippen LogP contribution is -2.47. The molecule has 1 aliphatic carbocycles. The van der Waals surface area contributed by atoms with Crippen molar-refractivity contribution >= 4 is 46.0 Å². The molecule has 1 saturated carbocycles. The second-order valence-corrected chi connectivity index (χ2v) is 11.5. The Morgan fingerprint density at radius 3 is 2.50 bits per heavy atom. The number of nitrogens with zero attached hydrogens (tertiary/aromatic N) is 6. The van der Waals surface area contributed by atoms with Crippen molar-refractivity contribution in [1.82, 2.24) is 30.2 Å². The number of nitrogens with one attached hydrogen (secondary N) is 3. The number of benzene rings is 1. The minimum Gasteiger partial charge on any atom is -0.401 e. The number of hydrogen-bond donors (Lipinski definition) is 5. The van der Waals surface area contributed by atoms with Crippen LogP contribution in [0.2, 0.25) is 0 Å². The van der Waals surface area contributed by atoms with Crippen LogP contribution in [0.4, 0.5) is 23.3 Å². The van der Waals surface area contributed by atoms with E-state index in [1.165, 1.54) is 25.2 Å². The normalized spacial score (nSPS) is 16.7. The maximum Gasteiger partial charge on any atom is 0.256 e. The van der Waals surface area contributed by atoms with Crippen LogP contribution < -0.4 is 27.0 Å². The highest BCUT2D eigenvalue weighted by molar-refractivity contribution is 6.09. The van der Waals surface area contributed by atoms with E-state index >= 15 is 0 Å². The number of rotatable bonds is 6. The highest BCUT2D eigenvalue weighted by atomic mass is 16.1. The Balaban J connectivity index is 1.37. The van der Waals surface area contributed by atoms with Gasteiger partial charge in [0, 0.05) is 54.6 Å². The number of aromatic nitrogens is 4. The van der Waals surface area contributed by atoms with E-state index < -0.39 is 5.91 Å². The van der Waals surface area contributed by atoms with Crippen LogP contribution in [0.3, 0.4) is 0 Å². The molecular weight excluding hydrogens is 506 g/mol. The summed E-state index contributed by atoms with van der Waals surface area (Å²) in [7, 11) is 0. The molecule has 12 nitrogen and oxygen atoms in total. The van der Waals surface area contributed by atoms with Gasteiger partial charge in [-0.05, 0) is 43.5 Å². The summed E-state index contributed by atoms with van der Waals surface area (Å²) in [6.07, 6.45) is 5.46. The Bertz CT molecular complexity index is 1480. The summed E-state index contributed by atoms with van der Waals surface area (Å²) in [6.45, 7) is 11.4. The molecule has 1 saturated heterocycles. The first-order valence-corrected chi connectivity index (χ1v) is 13.5. The number of amides is 1. The molecule has 2 fully saturated rings. The van der Waals surface area contributed by atoms with Gasteiger partial charge in [0.15, 0.2) is 11.6 Å². The average Bonchev–Trinajstić information content (AvgIpc) is 3.75. The zero-order chi connectivity index (χ0) is 28.6. The summed E-state index contributed by atoms with van der Waals surface area (Å²) in [5.41, 5.74) is 15.5. The minimum atomic E-state index is -0.419. The molecule has 7 N–H and O–H groups in total. The zero-order valence-electron chi connectivity index (χ0n) is 23.5. The molecule has 1 aliphatic heterocycles. The molecule has 1 aromatic carbocycles. The Morgan fingerprint density at radius 1 is 1.10 bits per heavy atom. The fourth-order valence-corrected chi connectivity index (χ4v) is 4.55. The second kappa shape index (κ2) is 10.7. The highest BCUT2D eigenvalue weighted by Crippen LogP contribution is 2.30. The zero-order valence-corrected chi connectivity index (χ0v) is 23.5. The monoisotopic (exact) mass is 543 g/mol. The molecule has 0 atom stereocenters. The fraction of sp³-hybridized carbons (Fsp3) is 0.429. The number of carbonyl (C=O) groups is 1. The van der Waals surface area contributed by atoms with Gasteiger partial charge in [-0.3, -0.25) is 15.1 Å². The molecule has 5 rings (SSSR count). The number of piperazine rings is 1. The van der Waals surface area contributed by atoms with Crippen molar-refractivity contribution in [3.05, 3.63) is 47.4 Å². The standard InChI is InChI=1S/C28H37N11O/c1-16-5-6-17(26(40)35-21(30)14-20(29)28(2,3)4)13-19(16)34-25-23-22(32-15-33-25)24(31)37-27(36-23)39-11-9-38(10-12-39)18-7-8-18/h5-6,13-15,18H,7-12,29H2,1-4H3,(H2,30,35,40)(H2,31,36,37)(H,32,33,34). The maximum atomic E-state index is 12.9. The largest absolute Gasteiger partial charge is 0.401 e. The van der Waals surface area contributed by atoms with E-state index in [9.17, 15) is 4.79 Å². The van der Waals surface area contributed by atoms with Crippen LogP contribution in [-0.2, 0) is 0 Å². The molecule has 2 aliphatic rings. The number of allylic oxidation sites excluding steroid dienone is 1. The summed E-state index contributed by atoms with van der Waals surface area (Å²) in [5, 5.41) is 14.1. The third kappa shape index (κ3) is 5.96. The molecule has 3 aromatic rings. The molecule has 0 radical (unpaired) electrons. The summed E-state index contributed by atoms with van der Waals surface area (Å²) in [5.74, 6) is 0.821. The van der Waals surface area contributed by atoms with E-state index in [4.69, 9.17) is 21.9 Å². The van der Waals surface area contributed by atoms with Crippen molar-refractivity contribution in [2.75, 3.05) is 42.1 Å². The van der Waals surface area contributed by atoms with Gasteiger partial charge < -0.3 is 27.0 Å². The number of carbonyl (C=O) groups excluding carboxylic acids is 1. The highest BCUT2D eigenvalue weighted by Gasteiger charge is 2.32. The average molecular weight is 544 g/mol. The van der Waals surface area contributed by atoms with E-state index in [0.29, 0.717) is 45.6 Å². The fourth-order valence-electron chi connectivity index (χ4n) is 4.55. The van der Waals surface area contributed by atoms with Crippen molar-refractivity contribution in [1.29, 1.82) is 5.41 Å². The van der Waals surface area contributed by atoms with Gasteiger partial charge in [0.25, 0.3) is 5.91 Å². The van der Waals surface area contributed by atoms with Crippen LogP contribution in [0.1, 0.15) is 49.5 Å². The number of hydrogen-bond acceptors (Lipinski definition) is 11. The Morgan fingerprint density at radius 2 is 1.82 bits per heavy atom. The lowest BCUT2D eigenvalue weighted by atomic mass is 9.92. The summed E-state index contributed by atoms with van der Waals surface area (Å²) < 4.78 is 0. The van der Waals surface area contributed by atoms with Crippen molar-refractivity contribution in [3.8, 4) is 0 Å². The maximum absolute atomic E-state index is 12.9. The van der Waals surface area contributed by atoms with E-state index in [1.807, 2.05) is 33.8 Å². The Labute approximate surface area is 233 Å². The van der Waals surface area contributed by atoms with E-state index in [-0.39, 0.29) is 11.3 Å². The molecule has 210 valence electrons. The van der Waals surface area contributed by atoms with E-state index in [2.05, 4.69) is 35.4 Å². The predicted molar refractivity (Wildman–Crippen MR) is 158 cm³/mol. The molecule has 40 heavy (non-hydrogen) atoms. The van der Waals surface area contributed by atoms with Gasteiger partial charge in [-0.15, -0.1) is 0 Å². The van der Waals surface area contributed by atoms with Crippen molar-refractivity contribution < 1.29 is 4.79 Å². The van der Waals surface area contributed by atoms with Gasteiger partial charge in [0.2, 0.25) is 5.95 Å². The summed E-state index contributed by atoms with van der Waals surface area (Å²) in [6, 6.07) is 5.99. The smallest absolute Gasteiger partial charge is 0.256 e. The van der Waals surface area contributed by atoms with Crippen LogP contribution in [0.5, 0.6) is 0 Å². The number of anilines is 4. The lowest BCUT2D eigenvalue weighted by molar-refractivity contribution is 0.0977. The van der Waals surface area contributed by atoms with Crippen LogP contribution in [0, 0.1) is 17.7 Å². The van der Waals surface area contributed by atoms with Crippen LogP contribution in [0.15, 0.2) is 36.3 Å². The number of nitrogens with two attached hydrogens (primary N) is 2. The van der Waals surface area contributed by atoms with Gasteiger partial charge in [-0.25, -0.2) is 15.0 Å². The van der Waals surface area contributed by atoms with Crippen LogP contribution >= 0.6 is 0 Å². The van der Waals surface area contributed by atoms with Gasteiger partial charge in [0.1, 0.15) is 23.2 Å². The Hall–Kier alpha value is -4.32. The lowest BCUT2D eigenvalue weighted by Gasteiger charge is -2.34. The minimum absolute atomic E-state index is 0.0769. The van der Waals surface area contributed by atoms with Gasteiger partial charge in [-0.2, -0.15) is 4.98 Å². The predicted octanol–water partition coefficient (Wildman–Crippen LogP) is 2.93. The van der Waals surface area contributed by atoms with Crippen molar-refractivity contribution in [2.24, 2.45) is 11.1 Å². The molecule has 12 heteroatoms. The molecule has 3 heterocycles. The first kappa shape index (κ1) is 27.3. The van der Waals surface area contributed by atoms with Gasteiger partial charge in [0.05, 0.1) is 0 Å². The van der Waals surface area contributed by atoms with Crippen LogP contribution in [-0.4, -0.2) is 68.8 Å². The number of nitrogen functional groups attached to an aromatic ring is 1. The first-order valence-electron chi connectivity index (χ1n) is 13.5. The second-order valence-electron chi connectivity index (χ2n) is 11.5. The summed E-state index contributed by atoms with van der Waals surface area (Å²) in [4.78, 5) is 35.7. The molecule has 0 spiro atoms. The molecular formula is C28H37N11O. The quantitative estimate of drug-likeness (QED) is 0.230. The number of amidine groups is 1. The first-order chi connectivity index (χ1) is 19.0. The number of aryl methyl sites for hydroxylation is 1. The van der Waals surface area contributed by atoms with Gasteiger partial charge in [-0.1, -0.05) is 26.8 Å². The third-order valence-corrected chi connectivity index (χ3v) is 7.32. The van der Waals surface area contributed by atoms with E-state index in [1.54, 1.807) is 12.1 Å². The summed E-state index contributed by atoms with van der Waals surface area (Å²) >= 11 is 0. The SMILES string of the molecule is Cc1ccc(C(=O)NC(=N)C=C(N)C(C)(C)C)cc1Nc1ncnc2c(N)nc(N3CCN(C4CC4)CC3)nc12. The van der Waals surface area contributed by atoms with E-state index in [0.717, 1.165) is 37.8 Å². The van der Waals surface area contributed by atoms with Crippen molar-refractivity contribution in [2.45, 2.75) is 46.6 Å². The molecule has 2 aromatic heterocycles. The molecule has 1 amide bonds. The molecule has 0 unspecified atom stereocenters. The van der Waals surface area contributed by atoms with Gasteiger partial charge >= 0.3 is 0 Å². The van der Waals surface area contributed by atoms with Crippen molar-refractivity contribution in [3.63, 3.8) is 0 Å². The Kier molecular flexibility index (Phi) is 7.28. The number of fused-ring (bicyclic) bond motifs is 1. The third-order valence-electron chi connectivity index (χ3n) is 7.32. The van der Waals surface area contributed by atoms with Crippen LogP contribution in [0.25, 0.3) is 11.0 Å². The molecule has 0 bridgehead atoms.